The van der Waals surface area contributed by atoms with E-state index in [1.165, 1.54) is 16.7 Å². The normalized spacial score (nSPS) is 17.8. The molecule has 1 atom stereocenters. The quantitative estimate of drug-likeness (QED) is 0.836. The van der Waals surface area contributed by atoms with Crippen molar-refractivity contribution in [3.8, 4) is 5.75 Å². The predicted octanol–water partition coefficient (Wildman–Crippen LogP) is 2.92. The second-order valence-corrected chi connectivity index (χ2v) is 5.69. The van der Waals surface area contributed by atoms with E-state index in [0.29, 0.717) is 6.04 Å². The number of aryl methyl sites for hydroxylation is 1. The van der Waals surface area contributed by atoms with Crippen molar-refractivity contribution in [2.24, 2.45) is 0 Å². The highest BCUT2D eigenvalue weighted by Gasteiger charge is 2.23. The first-order valence-corrected chi connectivity index (χ1v) is 7.35. The number of ether oxygens (including phenoxy) is 1. The lowest BCUT2D eigenvalue weighted by Gasteiger charge is -2.36. The van der Waals surface area contributed by atoms with Crippen molar-refractivity contribution in [1.29, 1.82) is 0 Å². The van der Waals surface area contributed by atoms with Crippen LogP contribution in [0.3, 0.4) is 0 Å². The van der Waals surface area contributed by atoms with Gasteiger partial charge in [-0.3, -0.25) is 4.90 Å². The maximum absolute atomic E-state index is 5.32. The molecular formula is C17H26N2O. The summed E-state index contributed by atoms with van der Waals surface area (Å²) in [4.78, 5) is 2.57. The van der Waals surface area contributed by atoms with E-state index < -0.39 is 0 Å². The largest absolute Gasteiger partial charge is 0.497 e. The number of benzene rings is 1. The SMILES string of the molecule is C=C(C)C[C@H](c1ccc(OC)cc1C)N1CCNCC1. The predicted molar refractivity (Wildman–Crippen MR) is 84.3 cm³/mol. The number of nitrogens with one attached hydrogen (secondary N) is 1. The van der Waals surface area contributed by atoms with E-state index in [1.54, 1.807) is 7.11 Å². The van der Waals surface area contributed by atoms with Crippen LogP contribution in [0.1, 0.15) is 30.5 Å². The van der Waals surface area contributed by atoms with E-state index in [0.717, 1.165) is 38.3 Å². The lowest BCUT2D eigenvalue weighted by atomic mass is 9.94. The first-order valence-electron chi connectivity index (χ1n) is 7.35. The highest BCUT2D eigenvalue weighted by atomic mass is 16.5. The second kappa shape index (κ2) is 6.91. The van der Waals surface area contributed by atoms with Crippen molar-refractivity contribution in [3.05, 3.63) is 41.5 Å². The molecule has 0 radical (unpaired) electrons. The van der Waals surface area contributed by atoms with Gasteiger partial charge in [0.05, 0.1) is 7.11 Å². The maximum atomic E-state index is 5.32. The van der Waals surface area contributed by atoms with E-state index in [1.807, 2.05) is 0 Å². The molecule has 20 heavy (non-hydrogen) atoms. The average molecular weight is 274 g/mol. The highest BCUT2D eigenvalue weighted by Crippen LogP contribution is 2.31. The van der Waals surface area contributed by atoms with Crippen LogP contribution in [-0.2, 0) is 0 Å². The minimum atomic E-state index is 0.431. The summed E-state index contributed by atoms with van der Waals surface area (Å²) in [6.45, 7) is 12.7. The van der Waals surface area contributed by atoms with Crippen LogP contribution in [0.15, 0.2) is 30.4 Å². The molecule has 0 spiro atoms. The van der Waals surface area contributed by atoms with Crippen LogP contribution in [0, 0.1) is 6.92 Å². The van der Waals surface area contributed by atoms with Crippen LogP contribution in [0.4, 0.5) is 0 Å². The number of rotatable bonds is 5. The van der Waals surface area contributed by atoms with E-state index >= 15 is 0 Å². The number of nitrogens with zero attached hydrogens (tertiary/aromatic N) is 1. The van der Waals surface area contributed by atoms with Crippen molar-refractivity contribution in [1.82, 2.24) is 10.2 Å². The number of methoxy groups -OCH3 is 1. The third-order valence-corrected chi connectivity index (χ3v) is 3.97. The molecule has 1 aliphatic heterocycles. The Morgan fingerprint density at radius 3 is 2.65 bits per heavy atom. The number of hydrogen-bond donors (Lipinski definition) is 1. The zero-order chi connectivity index (χ0) is 14.5. The molecule has 110 valence electrons. The third-order valence-electron chi connectivity index (χ3n) is 3.97. The Hall–Kier alpha value is -1.32. The van der Waals surface area contributed by atoms with Crippen molar-refractivity contribution < 1.29 is 4.74 Å². The van der Waals surface area contributed by atoms with Gasteiger partial charge in [0.2, 0.25) is 0 Å². The molecule has 1 aromatic carbocycles. The molecule has 3 heteroatoms. The van der Waals surface area contributed by atoms with Crippen molar-refractivity contribution in [3.63, 3.8) is 0 Å². The standard InChI is InChI=1S/C17H26N2O/c1-13(2)11-17(19-9-7-18-8-10-19)16-6-5-15(20-4)12-14(16)3/h5-6,12,17-18H,1,7-11H2,2-4H3/t17-/m1/s1. The zero-order valence-corrected chi connectivity index (χ0v) is 12.9. The monoisotopic (exact) mass is 274 g/mol. The van der Waals surface area contributed by atoms with E-state index in [2.05, 4.69) is 48.8 Å². The summed E-state index contributed by atoms with van der Waals surface area (Å²) >= 11 is 0. The maximum Gasteiger partial charge on any atom is 0.119 e. The summed E-state index contributed by atoms with van der Waals surface area (Å²) in [6, 6.07) is 6.84. The summed E-state index contributed by atoms with van der Waals surface area (Å²) in [5.41, 5.74) is 3.94. The molecule has 1 heterocycles. The van der Waals surface area contributed by atoms with Gasteiger partial charge in [0.25, 0.3) is 0 Å². The molecule has 2 rings (SSSR count). The van der Waals surface area contributed by atoms with E-state index in [4.69, 9.17) is 4.74 Å². The molecule has 0 aromatic heterocycles. The van der Waals surface area contributed by atoms with E-state index in [-0.39, 0.29) is 0 Å². The van der Waals surface area contributed by atoms with Crippen LogP contribution < -0.4 is 10.1 Å². The van der Waals surface area contributed by atoms with E-state index in [9.17, 15) is 0 Å². The van der Waals surface area contributed by atoms with Gasteiger partial charge in [-0.1, -0.05) is 11.6 Å². The van der Waals surface area contributed by atoms with Crippen LogP contribution in [0.5, 0.6) is 5.75 Å². The molecule has 0 unspecified atom stereocenters. The zero-order valence-electron chi connectivity index (χ0n) is 12.9. The molecule has 1 aliphatic rings. The van der Waals surface area contributed by atoms with Crippen molar-refractivity contribution >= 4 is 0 Å². The van der Waals surface area contributed by atoms with Crippen LogP contribution in [-0.4, -0.2) is 38.2 Å². The lowest BCUT2D eigenvalue weighted by Crippen LogP contribution is -2.45. The minimum Gasteiger partial charge on any atom is -0.497 e. The molecule has 0 saturated carbocycles. The fourth-order valence-electron chi connectivity index (χ4n) is 2.91. The summed E-state index contributed by atoms with van der Waals surface area (Å²) < 4.78 is 5.32. The van der Waals surface area contributed by atoms with Gasteiger partial charge in [0.15, 0.2) is 0 Å². The van der Waals surface area contributed by atoms with Gasteiger partial charge in [-0.15, -0.1) is 6.58 Å². The van der Waals surface area contributed by atoms with Gasteiger partial charge in [-0.25, -0.2) is 0 Å². The lowest BCUT2D eigenvalue weighted by molar-refractivity contribution is 0.172. The van der Waals surface area contributed by atoms with Gasteiger partial charge < -0.3 is 10.1 Å². The van der Waals surface area contributed by atoms with Crippen LogP contribution in [0.25, 0.3) is 0 Å². The Kier molecular flexibility index (Phi) is 5.21. The minimum absolute atomic E-state index is 0.431. The fourth-order valence-corrected chi connectivity index (χ4v) is 2.91. The van der Waals surface area contributed by atoms with Gasteiger partial charge in [0, 0.05) is 32.2 Å². The average Bonchev–Trinajstić information content (AvgIpc) is 2.45. The first-order chi connectivity index (χ1) is 9.61. The van der Waals surface area contributed by atoms with Gasteiger partial charge in [-0.2, -0.15) is 0 Å². The number of hydrogen-bond acceptors (Lipinski definition) is 3. The summed E-state index contributed by atoms with van der Waals surface area (Å²) in [7, 11) is 1.72. The Morgan fingerprint density at radius 1 is 1.40 bits per heavy atom. The smallest absolute Gasteiger partial charge is 0.119 e. The van der Waals surface area contributed by atoms with Gasteiger partial charge >= 0.3 is 0 Å². The van der Waals surface area contributed by atoms with Crippen LogP contribution >= 0.6 is 0 Å². The topological polar surface area (TPSA) is 24.5 Å². The Labute approximate surface area is 122 Å². The fraction of sp³-hybridized carbons (Fsp3) is 0.529. The molecule has 0 amide bonds. The molecule has 3 nitrogen and oxygen atoms in total. The molecule has 0 aliphatic carbocycles. The van der Waals surface area contributed by atoms with Crippen molar-refractivity contribution in [2.45, 2.75) is 26.3 Å². The highest BCUT2D eigenvalue weighted by molar-refractivity contribution is 5.37. The number of piperazine rings is 1. The molecule has 1 saturated heterocycles. The molecule has 0 bridgehead atoms. The Balaban J connectivity index is 2.27. The molecule has 1 fully saturated rings. The molecular weight excluding hydrogens is 248 g/mol. The van der Waals surface area contributed by atoms with Gasteiger partial charge in [-0.05, 0) is 43.5 Å². The Morgan fingerprint density at radius 2 is 2.10 bits per heavy atom. The second-order valence-electron chi connectivity index (χ2n) is 5.69. The first kappa shape index (κ1) is 15.1. The van der Waals surface area contributed by atoms with Crippen molar-refractivity contribution in [2.75, 3.05) is 33.3 Å². The van der Waals surface area contributed by atoms with Gasteiger partial charge in [0.1, 0.15) is 5.75 Å². The molecule has 1 N–H and O–H groups in total. The Bertz CT molecular complexity index is 464. The summed E-state index contributed by atoms with van der Waals surface area (Å²) in [5.74, 6) is 0.931. The summed E-state index contributed by atoms with van der Waals surface area (Å²) in [6.07, 6.45) is 1.02. The van der Waals surface area contributed by atoms with Crippen LogP contribution in [0.2, 0.25) is 0 Å². The third kappa shape index (κ3) is 3.62. The summed E-state index contributed by atoms with van der Waals surface area (Å²) in [5, 5.41) is 3.42. The molecule has 1 aromatic rings.